The van der Waals surface area contributed by atoms with Gasteiger partial charge in [0, 0.05) is 63.4 Å². The molecule has 5 aromatic rings. The van der Waals surface area contributed by atoms with E-state index in [1.807, 2.05) is 72.8 Å². The summed E-state index contributed by atoms with van der Waals surface area (Å²) in [5.41, 5.74) is 33.1. The van der Waals surface area contributed by atoms with Crippen LogP contribution in [0.15, 0.2) is 150 Å². The third-order valence-corrected chi connectivity index (χ3v) is 9.61. The molecule has 4 bridgehead atoms. The lowest BCUT2D eigenvalue weighted by Gasteiger charge is -2.13. The van der Waals surface area contributed by atoms with E-state index in [4.69, 9.17) is 28.0 Å². The molecule has 0 aliphatic heterocycles. The fourth-order valence-corrected chi connectivity index (χ4v) is 6.15. The largest absolute Gasteiger partial charge is 0.405 e. The predicted molar refractivity (Wildman–Crippen MR) is 227 cm³/mol. The van der Waals surface area contributed by atoms with Gasteiger partial charge >= 0.3 is 0 Å². The average Bonchev–Trinajstić information content (AvgIpc) is 3.18. The molecule has 0 spiro atoms. The highest BCUT2D eigenvalue weighted by Gasteiger charge is 2.11. The fraction of sp³-hybridized carbons (Fsp3) is 0.0652. The van der Waals surface area contributed by atoms with Gasteiger partial charge in [0.05, 0.1) is 0 Å². The van der Waals surface area contributed by atoms with Crippen LogP contribution in [0.25, 0.3) is 39.1 Å². The highest BCUT2D eigenvalue weighted by Crippen LogP contribution is 2.31. The standard InChI is InChI=1S/C24H21N3.C22H21N3S/c1-17-15-22-12-7-18(17)5-3-2-4-6-21(13-14-25)24(27)23(16-26)20-10-8-19(22)9-11-20;1-14-15(2)21(26)8-7-19(14)16-3-5-17(6-4-16)20(13-23)22(24)18-9-11-25-12-10-18/h2,4,6-16,26H,25,27H2,1H3;3-13,23,26H,24H2,1-2H3/b4-2?,6-4?,14-13-,21-6+,22-19?,23-20?,24-21?,24-23+,26-16?;22-20+,23-13?. The number of nitrogens with one attached hydrogen (secondary N) is 2. The number of hydrogen-bond acceptors (Lipinski definition) is 7. The molecule has 1 heterocycles. The van der Waals surface area contributed by atoms with Crippen LogP contribution in [0.2, 0.25) is 0 Å². The Morgan fingerprint density at radius 1 is 0.774 bits per heavy atom. The van der Waals surface area contributed by atoms with Crippen molar-refractivity contribution in [1.29, 1.82) is 10.8 Å². The van der Waals surface area contributed by atoms with E-state index in [1.54, 1.807) is 24.5 Å². The molecule has 0 saturated carbocycles. The lowest BCUT2D eigenvalue weighted by atomic mass is 9.94. The van der Waals surface area contributed by atoms with Crippen molar-refractivity contribution >= 4 is 41.9 Å². The van der Waals surface area contributed by atoms with Crippen LogP contribution in [-0.4, -0.2) is 17.4 Å². The fourth-order valence-electron chi connectivity index (χ4n) is 5.91. The van der Waals surface area contributed by atoms with Crippen molar-refractivity contribution in [3.63, 3.8) is 0 Å². The molecule has 53 heavy (non-hydrogen) atoms. The SMILES string of the molecule is Cc1c(S)ccc(-c2ccc(/C(C=N)=C(/N)c3ccncc3)cc2)c1C.Cc1cc2ccc1C#CC=C/C=C(\C=C/N)C(/N)=C(/C=N)c1ccc-2cc1. The van der Waals surface area contributed by atoms with Crippen LogP contribution in [-0.2, 0) is 0 Å². The molecule has 0 saturated heterocycles. The zero-order valence-electron chi connectivity index (χ0n) is 30.0. The second-order valence-electron chi connectivity index (χ2n) is 12.4. The molecule has 0 unspecified atom stereocenters. The van der Waals surface area contributed by atoms with Crippen LogP contribution < -0.4 is 17.2 Å². The summed E-state index contributed by atoms with van der Waals surface area (Å²) in [6, 6.07) is 30.3. The summed E-state index contributed by atoms with van der Waals surface area (Å²) < 4.78 is 0. The van der Waals surface area contributed by atoms with E-state index in [0.29, 0.717) is 22.5 Å². The topological polar surface area (TPSA) is 139 Å². The zero-order valence-corrected chi connectivity index (χ0v) is 30.9. The first-order valence-corrected chi connectivity index (χ1v) is 17.4. The third-order valence-electron chi connectivity index (χ3n) is 9.13. The Balaban J connectivity index is 0.000000204. The molecule has 0 atom stereocenters. The van der Waals surface area contributed by atoms with E-state index < -0.39 is 0 Å². The minimum Gasteiger partial charge on any atom is -0.405 e. The van der Waals surface area contributed by atoms with Crippen molar-refractivity contribution < 1.29 is 0 Å². The molecule has 6 nitrogen and oxygen atoms in total. The van der Waals surface area contributed by atoms with Crippen molar-refractivity contribution in [2.45, 2.75) is 25.7 Å². The van der Waals surface area contributed by atoms with Crippen molar-refractivity contribution in [2.75, 3.05) is 0 Å². The van der Waals surface area contributed by atoms with Gasteiger partial charge in [0.2, 0.25) is 0 Å². The van der Waals surface area contributed by atoms with Gasteiger partial charge in [-0.2, -0.15) is 0 Å². The van der Waals surface area contributed by atoms with Gasteiger partial charge < -0.3 is 28.0 Å². The number of hydrogen-bond donors (Lipinski definition) is 6. The van der Waals surface area contributed by atoms with E-state index in [2.05, 4.69) is 80.6 Å². The smallest absolute Gasteiger partial charge is 0.0483 e. The highest BCUT2D eigenvalue weighted by atomic mass is 32.1. The van der Waals surface area contributed by atoms with Crippen LogP contribution in [0, 0.1) is 43.4 Å². The first-order valence-electron chi connectivity index (χ1n) is 17.0. The molecular weight excluding hydrogens is 669 g/mol. The monoisotopic (exact) mass is 710 g/mol. The Labute approximate surface area is 317 Å². The van der Waals surface area contributed by atoms with Crippen LogP contribution in [0.3, 0.4) is 0 Å². The van der Waals surface area contributed by atoms with Crippen LogP contribution in [0.4, 0.5) is 0 Å². The number of nitrogens with zero attached hydrogens (tertiary/aromatic N) is 1. The molecule has 0 fully saturated rings. The van der Waals surface area contributed by atoms with E-state index in [-0.39, 0.29) is 0 Å². The summed E-state index contributed by atoms with van der Waals surface area (Å²) >= 11 is 4.49. The maximum atomic E-state index is 7.83. The molecule has 3 aliphatic rings. The molecule has 3 aliphatic carbocycles. The Morgan fingerprint density at radius 3 is 2.08 bits per heavy atom. The second-order valence-corrected chi connectivity index (χ2v) is 12.8. The summed E-state index contributed by atoms with van der Waals surface area (Å²) in [5.74, 6) is 6.22. The number of pyridine rings is 1. The lowest BCUT2D eigenvalue weighted by molar-refractivity contribution is 1.24. The molecule has 0 amide bonds. The third kappa shape index (κ3) is 8.82. The molecule has 262 valence electrons. The van der Waals surface area contributed by atoms with Crippen LogP contribution >= 0.6 is 12.6 Å². The average molecular weight is 711 g/mol. The van der Waals surface area contributed by atoms with Crippen LogP contribution in [0.5, 0.6) is 0 Å². The minimum atomic E-state index is 0.489. The first kappa shape index (κ1) is 37.6. The van der Waals surface area contributed by atoms with Crippen LogP contribution in [0.1, 0.15) is 38.9 Å². The molecule has 4 aromatic carbocycles. The molecule has 0 radical (unpaired) electrons. The normalized spacial score (nSPS) is 15.1. The number of rotatable bonds is 6. The number of benzene rings is 4. The molecular formula is C46H42N6S. The first-order chi connectivity index (χ1) is 25.7. The predicted octanol–water partition coefficient (Wildman–Crippen LogP) is 9.43. The van der Waals surface area contributed by atoms with Gasteiger partial charge in [-0.3, -0.25) is 4.98 Å². The summed E-state index contributed by atoms with van der Waals surface area (Å²) in [7, 11) is 0. The van der Waals surface area contributed by atoms with E-state index in [1.165, 1.54) is 35.3 Å². The van der Waals surface area contributed by atoms with Crippen molar-refractivity contribution in [1.82, 2.24) is 4.98 Å². The van der Waals surface area contributed by atoms with Gasteiger partial charge in [-0.05, 0) is 119 Å². The number of aryl methyl sites for hydroxylation is 1. The number of nitrogens with two attached hydrogens (primary N) is 3. The maximum Gasteiger partial charge on any atom is 0.0483 e. The number of fused-ring (bicyclic) bond motifs is 2. The van der Waals surface area contributed by atoms with Gasteiger partial charge in [0.25, 0.3) is 0 Å². The van der Waals surface area contributed by atoms with Gasteiger partial charge in [0.15, 0.2) is 0 Å². The number of thiol groups is 1. The van der Waals surface area contributed by atoms with Gasteiger partial charge in [0.1, 0.15) is 0 Å². The Bertz CT molecular complexity index is 2370. The zero-order chi connectivity index (χ0) is 37.9. The second kappa shape index (κ2) is 17.5. The van der Waals surface area contributed by atoms with Gasteiger partial charge in [-0.25, -0.2) is 0 Å². The van der Waals surface area contributed by atoms with Crippen molar-refractivity contribution in [2.24, 2.45) is 17.2 Å². The van der Waals surface area contributed by atoms with Crippen molar-refractivity contribution in [3.8, 4) is 34.1 Å². The highest BCUT2D eigenvalue weighted by molar-refractivity contribution is 7.80. The maximum absolute atomic E-state index is 7.83. The summed E-state index contributed by atoms with van der Waals surface area (Å²) in [4.78, 5) is 5.01. The lowest BCUT2D eigenvalue weighted by Crippen LogP contribution is -2.06. The summed E-state index contributed by atoms with van der Waals surface area (Å²) in [6.07, 6.45) is 14.6. The summed E-state index contributed by atoms with van der Waals surface area (Å²) in [5, 5.41) is 15.6. The Hall–Kier alpha value is -6.62. The van der Waals surface area contributed by atoms with Crippen molar-refractivity contribution in [3.05, 3.63) is 184 Å². The Morgan fingerprint density at radius 2 is 1.43 bits per heavy atom. The quantitative estimate of drug-likeness (QED) is 0.0594. The molecule has 8 rings (SSSR count). The van der Waals surface area contributed by atoms with E-state index >= 15 is 0 Å². The van der Waals surface area contributed by atoms with E-state index in [9.17, 15) is 0 Å². The molecule has 7 heteroatoms. The number of allylic oxidation sites excluding steroid dienone is 6. The van der Waals surface area contributed by atoms with E-state index in [0.717, 1.165) is 55.0 Å². The molecule has 1 aromatic heterocycles. The number of aromatic nitrogens is 1. The minimum absolute atomic E-state index is 0.489. The van der Waals surface area contributed by atoms with Gasteiger partial charge in [-0.1, -0.05) is 90.7 Å². The Kier molecular flexibility index (Phi) is 12.5. The summed E-state index contributed by atoms with van der Waals surface area (Å²) in [6.45, 7) is 6.26. The van der Waals surface area contributed by atoms with Gasteiger partial charge in [-0.15, -0.1) is 12.6 Å². The molecule has 8 N–H and O–H groups in total.